The normalized spacial score (nSPS) is 41.3. The van der Waals surface area contributed by atoms with Gasteiger partial charge in [0.25, 0.3) is 0 Å². The van der Waals surface area contributed by atoms with Gasteiger partial charge in [-0.2, -0.15) is 0 Å². The van der Waals surface area contributed by atoms with E-state index >= 15 is 0 Å². The first-order valence-electron chi connectivity index (χ1n) is 5.76. The van der Waals surface area contributed by atoms with Crippen molar-refractivity contribution < 1.29 is 9.47 Å². The minimum Gasteiger partial charge on any atom is -0.374 e. The van der Waals surface area contributed by atoms with Crippen molar-refractivity contribution in [1.29, 1.82) is 0 Å². The SMILES string of the molecule is C=CC1CCC2(CCC(C=C)OC2)CO1. The first-order valence-corrected chi connectivity index (χ1v) is 5.76. The van der Waals surface area contributed by atoms with E-state index in [0.29, 0.717) is 0 Å². The summed E-state index contributed by atoms with van der Waals surface area (Å²) < 4.78 is 11.5. The maximum atomic E-state index is 5.77. The van der Waals surface area contributed by atoms with Gasteiger partial charge in [0.05, 0.1) is 25.4 Å². The molecule has 2 aliphatic heterocycles. The molecule has 0 bridgehead atoms. The van der Waals surface area contributed by atoms with Gasteiger partial charge in [0.1, 0.15) is 0 Å². The molecule has 0 aliphatic carbocycles. The summed E-state index contributed by atoms with van der Waals surface area (Å²) in [5.41, 5.74) is 0.277. The Morgan fingerprint density at radius 3 is 1.67 bits per heavy atom. The number of hydrogen-bond acceptors (Lipinski definition) is 2. The van der Waals surface area contributed by atoms with E-state index in [4.69, 9.17) is 9.47 Å². The van der Waals surface area contributed by atoms with Crippen LogP contribution in [0.3, 0.4) is 0 Å². The highest BCUT2D eigenvalue weighted by Gasteiger charge is 2.38. The standard InChI is InChI=1S/C13H20O2/c1-3-11-5-7-13(9-14-11)8-6-12(4-2)15-10-13/h3-4,11-12H,1-2,5-10H2. The van der Waals surface area contributed by atoms with Crippen molar-refractivity contribution in [3.8, 4) is 0 Å². The summed E-state index contributed by atoms with van der Waals surface area (Å²) in [5, 5.41) is 0. The molecular formula is C13H20O2. The Morgan fingerprint density at radius 2 is 1.40 bits per heavy atom. The Hall–Kier alpha value is -0.600. The molecule has 0 aromatic rings. The Labute approximate surface area is 92.0 Å². The van der Waals surface area contributed by atoms with Crippen LogP contribution in [0.4, 0.5) is 0 Å². The molecule has 0 amide bonds. The van der Waals surface area contributed by atoms with E-state index in [1.54, 1.807) is 0 Å². The Bertz CT molecular complexity index is 201. The van der Waals surface area contributed by atoms with Gasteiger partial charge < -0.3 is 9.47 Å². The largest absolute Gasteiger partial charge is 0.374 e. The highest BCUT2D eigenvalue weighted by atomic mass is 16.5. The van der Waals surface area contributed by atoms with Gasteiger partial charge in [0.15, 0.2) is 0 Å². The third-order valence-corrected chi connectivity index (χ3v) is 3.65. The summed E-state index contributed by atoms with van der Waals surface area (Å²) in [5.74, 6) is 0. The van der Waals surface area contributed by atoms with E-state index in [9.17, 15) is 0 Å². The molecule has 2 fully saturated rings. The van der Waals surface area contributed by atoms with Crippen molar-refractivity contribution >= 4 is 0 Å². The second kappa shape index (κ2) is 4.50. The molecule has 2 atom stereocenters. The number of ether oxygens (including phenoxy) is 2. The van der Waals surface area contributed by atoms with Crippen LogP contribution in [-0.4, -0.2) is 25.4 Å². The van der Waals surface area contributed by atoms with E-state index in [1.807, 2.05) is 12.2 Å². The zero-order chi connectivity index (χ0) is 10.7. The number of hydrogen-bond donors (Lipinski definition) is 0. The van der Waals surface area contributed by atoms with E-state index in [-0.39, 0.29) is 17.6 Å². The first kappa shape index (κ1) is 10.9. The zero-order valence-electron chi connectivity index (χ0n) is 9.28. The summed E-state index contributed by atoms with van der Waals surface area (Å²) in [6.07, 6.45) is 8.91. The van der Waals surface area contributed by atoms with E-state index in [0.717, 1.165) is 26.1 Å². The highest BCUT2D eigenvalue weighted by molar-refractivity contribution is 4.95. The number of rotatable bonds is 2. The monoisotopic (exact) mass is 208 g/mol. The molecule has 0 N–H and O–H groups in total. The van der Waals surface area contributed by atoms with Gasteiger partial charge in [-0.25, -0.2) is 0 Å². The van der Waals surface area contributed by atoms with Gasteiger partial charge in [0.2, 0.25) is 0 Å². The lowest BCUT2D eigenvalue weighted by Crippen LogP contribution is -2.43. The van der Waals surface area contributed by atoms with Crippen LogP contribution in [0.5, 0.6) is 0 Å². The summed E-state index contributed by atoms with van der Waals surface area (Å²) in [6.45, 7) is 9.20. The third kappa shape index (κ3) is 2.32. The van der Waals surface area contributed by atoms with E-state index in [1.165, 1.54) is 12.8 Å². The molecule has 2 rings (SSSR count). The molecule has 15 heavy (non-hydrogen) atoms. The molecule has 0 radical (unpaired) electrons. The van der Waals surface area contributed by atoms with Crippen LogP contribution in [0.1, 0.15) is 25.7 Å². The molecule has 0 saturated carbocycles. The van der Waals surface area contributed by atoms with E-state index < -0.39 is 0 Å². The lowest BCUT2D eigenvalue weighted by Gasteiger charge is -2.43. The lowest BCUT2D eigenvalue weighted by molar-refractivity contribution is -0.121. The molecule has 0 aromatic heterocycles. The Balaban J connectivity index is 1.88. The molecule has 84 valence electrons. The fourth-order valence-electron chi connectivity index (χ4n) is 2.46. The van der Waals surface area contributed by atoms with Crippen molar-refractivity contribution in [3.63, 3.8) is 0 Å². The molecule has 0 aromatic carbocycles. The smallest absolute Gasteiger partial charge is 0.0753 e. The zero-order valence-corrected chi connectivity index (χ0v) is 9.28. The van der Waals surface area contributed by atoms with Crippen LogP contribution < -0.4 is 0 Å². The van der Waals surface area contributed by atoms with Crippen LogP contribution in [0.25, 0.3) is 0 Å². The molecular weight excluding hydrogens is 188 g/mol. The van der Waals surface area contributed by atoms with Crippen LogP contribution in [-0.2, 0) is 9.47 Å². The average molecular weight is 208 g/mol. The molecule has 2 heterocycles. The second-order valence-corrected chi connectivity index (χ2v) is 4.75. The van der Waals surface area contributed by atoms with Gasteiger partial charge in [-0.05, 0) is 25.7 Å². The predicted molar refractivity (Wildman–Crippen MR) is 60.8 cm³/mol. The van der Waals surface area contributed by atoms with Gasteiger partial charge >= 0.3 is 0 Å². The topological polar surface area (TPSA) is 18.5 Å². The van der Waals surface area contributed by atoms with E-state index in [2.05, 4.69) is 13.2 Å². The third-order valence-electron chi connectivity index (χ3n) is 3.65. The van der Waals surface area contributed by atoms with Crippen molar-refractivity contribution in [1.82, 2.24) is 0 Å². The molecule has 2 saturated heterocycles. The van der Waals surface area contributed by atoms with Crippen molar-refractivity contribution in [2.24, 2.45) is 5.41 Å². The van der Waals surface area contributed by atoms with Gasteiger partial charge in [-0.1, -0.05) is 12.2 Å². The molecule has 2 heteroatoms. The summed E-state index contributed by atoms with van der Waals surface area (Å²) >= 11 is 0. The Morgan fingerprint density at radius 1 is 0.933 bits per heavy atom. The van der Waals surface area contributed by atoms with Gasteiger partial charge in [0, 0.05) is 5.41 Å². The maximum absolute atomic E-state index is 5.77. The van der Waals surface area contributed by atoms with Gasteiger partial charge in [-0.15, -0.1) is 13.2 Å². The fraction of sp³-hybridized carbons (Fsp3) is 0.692. The average Bonchev–Trinajstić information content (AvgIpc) is 2.31. The maximum Gasteiger partial charge on any atom is 0.0753 e. The lowest BCUT2D eigenvalue weighted by atomic mass is 9.76. The summed E-state index contributed by atoms with van der Waals surface area (Å²) in [6, 6.07) is 0. The predicted octanol–water partition coefficient (Wildman–Crippen LogP) is 2.70. The highest BCUT2D eigenvalue weighted by Crippen LogP contribution is 2.40. The van der Waals surface area contributed by atoms with Crippen LogP contribution in [0, 0.1) is 5.41 Å². The molecule has 2 aliphatic rings. The van der Waals surface area contributed by atoms with Crippen LogP contribution in [0.15, 0.2) is 25.3 Å². The van der Waals surface area contributed by atoms with Gasteiger partial charge in [-0.3, -0.25) is 0 Å². The molecule has 1 spiro atoms. The Kier molecular flexibility index (Phi) is 3.27. The molecule has 2 nitrogen and oxygen atoms in total. The fourth-order valence-corrected chi connectivity index (χ4v) is 2.46. The van der Waals surface area contributed by atoms with Crippen molar-refractivity contribution in [2.75, 3.05) is 13.2 Å². The quantitative estimate of drug-likeness (QED) is 0.650. The first-order chi connectivity index (χ1) is 7.28. The van der Waals surface area contributed by atoms with Crippen LogP contribution >= 0.6 is 0 Å². The van der Waals surface area contributed by atoms with Crippen molar-refractivity contribution in [2.45, 2.75) is 37.9 Å². The molecule has 2 unspecified atom stereocenters. The minimum absolute atomic E-state index is 0.257. The second-order valence-electron chi connectivity index (χ2n) is 4.75. The van der Waals surface area contributed by atoms with Crippen molar-refractivity contribution in [3.05, 3.63) is 25.3 Å². The minimum atomic E-state index is 0.257. The summed E-state index contributed by atoms with van der Waals surface area (Å²) in [4.78, 5) is 0. The van der Waals surface area contributed by atoms with Crippen LogP contribution in [0.2, 0.25) is 0 Å². The summed E-state index contributed by atoms with van der Waals surface area (Å²) in [7, 11) is 0.